The summed E-state index contributed by atoms with van der Waals surface area (Å²) in [6.45, 7) is 2.98. The molecule has 10 heteroatoms. The van der Waals surface area contributed by atoms with E-state index < -0.39 is 35.7 Å². The van der Waals surface area contributed by atoms with Crippen LogP contribution in [0.25, 0.3) is 0 Å². The molecule has 1 fully saturated rings. The third-order valence-corrected chi connectivity index (χ3v) is 5.36. The number of nitrogens with two attached hydrogens (primary N) is 1. The molecule has 1 aliphatic rings. The van der Waals surface area contributed by atoms with Crippen molar-refractivity contribution in [2.24, 2.45) is 5.73 Å². The van der Waals surface area contributed by atoms with Gasteiger partial charge in [-0.3, -0.25) is 14.5 Å². The summed E-state index contributed by atoms with van der Waals surface area (Å²) in [5.74, 6) is -1.60. The van der Waals surface area contributed by atoms with Crippen LogP contribution in [0.4, 0.5) is 14.3 Å². The molecule has 148 valence electrons. The topological polar surface area (TPSA) is 117 Å². The third kappa shape index (κ3) is 3.73. The normalized spacial score (nSPS) is 20.2. The second-order valence-corrected chi connectivity index (χ2v) is 7.45. The van der Waals surface area contributed by atoms with Crippen LogP contribution >= 0.6 is 11.3 Å². The van der Waals surface area contributed by atoms with E-state index in [1.807, 2.05) is 6.92 Å². The molecule has 2 atom stereocenters. The molecule has 0 saturated carbocycles. The number of halogens is 1. The van der Waals surface area contributed by atoms with E-state index in [0.29, 0.717) is 22.8 Å². The predicted octanol–water partition coefficient (Wildman–Crippen LogP) is 2.10. The highest BCUT2D eigenvalue weighted by atomic mass is 32.1. The van der Waals surface area contributed by atoms with E-state index in [9.17, 15) is 18.8 Å². The Morgan fingerprint density at radius 2 is 2.07 bits per heavy atom. The monoisotopic (exact) mass is 405 g/mol. The van der Waals surface area contributed by atoms with Crippen molar-refractivity contribution in [3.63, 3.8) is 0 Å². The maximum atomic E-state index is 13.2. The molecule has 2 aromatic rings. The lowest BCUT2D eigenvalue weighted by Crippen LogP contribution is -2.42. The van der Waals surface area contributed by atoms with Gasteiger partial charge in [0.1, 0.15) is 17.9 Å². The molecule has 1 saturated heterocycles. The number of hydrogen-bond acceptors (Lipinski definition) is 6. The first-order valence-corrected chi connectivity index (χ1v) is 9.53. The molecule has 4 N–H and O–H groups in total. The van der Waals surface area contributed by atoms with Crippen molar-refractivity contribution in [2.45, 2.75) is 31.8 Å². The van der Waals surface area contributed by atoms with Crippen molar-refractivity contribution in [3.05, 3.63) is 46.7 Å². The van der Waals surface area contributed by atoms with Crippen molar-refractivity contribution in [1.82, 2.24) is 15.2 Å². The van der Waals surface area contributed by atoms with Crippen molar-refractivity contribution >= 4 is 34.3 Å². The van der Waals surface area contributed by atoms with E-state index in [2.05, 4.69) is 15.6 Å². The Morgan fingerprint density at radius 1 is 1.39 bits per heavy atom. The molecule has 1 aliphatic heterocycles. The smallest absolute Gasteiger partial charge is 0.323 e. The SMILES string of the molecule is CC[C@@H](N)c1csc(NC(=O)CN2C(=O)NC(C)(c3ccc(F)cc3)C2=O)n1. The molecular weight excluding hydrogens is 385 g/mol. The number of benzene rings is 1. The molecule has 1 aromatic carbocycles. The van der Waals surface area contributed by atoms with Crippen molar-refractivity contribution in [1.29, 1.82) is 0 Å². The molecule has 8 nitrogen and oxygen atoms in total. The number of amides is 4. The zero-order chi connectivity index (χ0) is 20.5. The lowest BCUT2D eigenvalue weighted by Gasteiger charge is -2.22. The van der Waals surface area contributed by atoms with Gasteiger partial charge in [-0.25, -0.2) is 14.2 Å². The molecule has 4 amide bonds. The lowest BCUT2D eigenvalue weighted by atomic mass is 9.92. The number of carbonyl (C=O) groups is 3. The van der Waals surface area contributed by atoms with Gasteiger partial charge in [-0.15, -0.1) is 11.3 Å². The molecule has 0 aliphatic carbocycles. The quantitative estimate of drug-likeness (QED) is 0.636. The fraction of sp³-hybridized carbons (Fsp3) is 0.333. The summed E-state index contributed by atoms with van der Waals surface area (Å²) >= 11 is 1.22. The summed E-state index contributed by atoms with van der Waals surface area (Å²) in [4.78, 5) is 42.4. The molecule has 0 bridgehead atoms. The number of rotatable bonds is 6. The van der Waals surface area contributed by atoms with Gasteiger partial charge in [0.25, 0.3) is 5.91 Å². The average Bonchev–Trinajstić information content (AvgIpc) is 3.20. The minimum absolute atomic E-state index is 0.218. The number of nitrogens with one attached hydrogen (secondary N) is 2. The molecule has 0 radical (unpaired) electrons. The Hall–Kier alpha value is -2.85. The second-order valence-electron chi connectivity index (χ2n) is 6.59. The molecule has 28 heavy (non-hydrogen) atoms. The molecule has 2 heterocycles. The number of imide groups is 1. The minimum atomic E-state index is -1.37. The Kier molecular flexibility index (Phi) is 5.43. The van der Waals surface area contributed by atoms with Gasteiger partial charge in [-0.05, 0) is 31.0 Å². The van der Waals surface area contributed by atoms with Gasteiger partial charge in [0, 0.05) is 11.4 Å². The number of carbonyl (C=O) groups excluding carboxylic acids is 3. The van der Waals surface area contributed by atoms with Crippen LogP contribution in [0.1, 0.15) is 37.6 Å². The second kappa shape index (κ2) is 7.64. The van der Waals surface area contributed by atoms with Crippen LogP contribution in [0.5, 0.6) is 0 Å². The Bertz CT molecular complexity index is 916. The minimum Gasteiger partial charge on any atom is -0.323 e. The first-order valence-electron chi connectivity index (χ1n) is 8.65. The highest BCUT2D eigenvalue weighted by molar-refractivity contribution is 7.13. The molecular formula is C18H20FN5O3S. The fourth-order valence-corrected chi connectivity index (χ4v) is 3.64. The van der Waals surface area contributed by atoms with Gasteiger partial charge in [0.05, 0.1) is 5.69 Å². The molecule has 0 spiro atoms. The Balaban J connectivity index is 1.69. The van der Waals surface area contributed by atoms with E-state index in [0.717, 1.165) is 4.90 Å². The Labute approximate surface area is 164 Å². The highest BCUT2D eigenvalue weighted by Crippen LogP contribution is 2.29. The van der Waals surface area contributed by atoms with Gasteiger partial charge in [-0.2, -0.15) is 0 Å². The zero-order valence-corrected chi connectivity index (χ0v) is 16.2. The number of anilines is 1. The number of aromatic nitrogens is 1. The van der Waals surface area contributed by atoms with Gasteiger partial charge in [0.2, 0.25) is 5.91 Å². The van der Waals surface area contributed by atoms with Crippen LogP contribution in [0.15, 0.2) is 29.6 Å². The van der Waals surface area contributed by atoms with Gasteiger partial charge in [0.15, 0.2) is 5.13 Å². The van der Waals surface area contributed by atoms with E-state index in [1.54, 1.807) is 5.38 Å². The summed E-state index contributed by atoms with van der Waals surface area (Å²) in [6.07, 6.45) is 0.710. The maximum absolute atomic E-state index is 13.2. The summed E-state index contributed by atoms with van der Waals surface area (Å²) in [5.41, 5.74) is 5.63. The largest absolute Gasteiger partial charge is 0.325 e. The van der Waals surface area contributed by atoms with Crippen molar-refractivity contribution < 1.29 is 18.8 Å². The van der Waals surface area contributed by atoms with Crippen LogP contribution in [0, 0.1) is 5.82 Å². The third-order valence-electron chi connectivity index (χ3n) is 4.59. The average molecular weight is 405 g/mol. The summed E-state index contributed by atoms with van der Waals surface area (Å²) in [6, 6.07) is 4.34. The van der Waals surface area contributed by atoms with Gasteiger partial charge in [-0.1, -0.05) is 19.1 Å². The standard InChI is InChI=1S/C18H20FN5O3S/c1-3-12(20)13-9-28-16(21-13)22-14(25)8-24-15(26)18(2,23-17(24)27)10-4-6-11(19)7-5-10/h4-7,9,12H,3,8,20H2,1-2H3,(H,23,27)(H,21,22,25)/t12-,18?/m1/s1. The molecule has 1 aromatic heterocycles. The zero-order valence-electron chi connectivity index (χ0n) is 15.4. The summed E-state index contributed by atoms with van der Waals surface area (Å²) < 4.78 is 13.2. The van der Waals surface area contributed by atoms with Crippen LogP contribution in [-0.2, 0) is 15.1 Å². The van der Waals surface area contributed by atoms with Crippen molar-refractivity contribution in [3.8, 4) is 0 Å². The Morgan fingerprint density at radius 3 is 2.71 bits per heavy atom. The van der Waals surface area contributed by atoms with Crippen LogP contribution in [0.2, 0.25) is 0 Å². The van der Waals surface area contributed by atoms with E-state index in [-0.39, 0.29) is 6.04 Å². The summed E-state index contributed by atoms with van der Waals surface area (Å²) in [7, 11) is 0. The van der Waals surface area contributed by atoms with Crippen LogP contribution in [0.3, 0.4) is 0 Å². The summed E-state index contributed by atoms with van der Waals surface area (Å²) in [5, 5.41) is 7.24. The van der Waals surface area contributed by atoms with E-state index in [1.165, 1.54) is 42.5 Å². The number of thiazole rings is 1. The number of hydrogen-bond donors (Lipinski definition) is 3. The maximum Gasteiger partial charge on any atom is 0.325 e. The van der Waals surface area contributed by atoms with Crippen LogP contribution in [-0.4, -0.2) is 34.3 Å². The lowest BCUT2D eigenvalue weighted by molar-refractivity contribution is -0.133. The van der Waals surface area contributed by atoms with Crippen molar-refractivity contribution in [2.75, 3.05) is 11.9 Å². The predicted molar refractivity (Wildman–Crippen MR) is 102 cm³/mol. The molecule has 3 rings (SSSR count). The van der Waals surface area contributed by atoms with Gasteiger partial charge >= 0.3 is 6.03 Å². The fourth-order valence-electron chi connectivity index (χ4n) is 2.84. The number of nitrogens with zero attached hydrogens (tertiary/aromatic N) is 2. The molecule has 1 unspecified atom stereocenters. The first-order chi connectivity index (χ1) is 13.2. The van der Waals surface area contributed by atoms with E-state index >= 15 is 0 Å². The number of urea groups is 1. The van der Waals surface area contributed by atoms with E-state index in [4.69, 9.17) is 5.73 Å². The van der Waals surface area contributed by atoms with Gasteiger partial charge < -0.3 is 16.4 Å². The van der Waals surface area contributed by atoms with Crippen LogP contribution < -0.4 is 16.4 Å². The first kappa shape index (κ1) is 19.9. The highest BCUT2D eigenvalue weighted by Gasteiger charge is 2.49.